The van der Waals surface area contributed by atoms with Gasteiger partial charge in [-0.1, -0.05) is 37.3 Å². The fraction of sp³-hybridized carbons (Fsp3) is 0.538. The van der Waals surface area contributed by atoms with Crippen molar-refractivity contribution in [3.05, 3.63) is 35.9 Å². The molecule has 2 nitrogen and oxygen atoms in total. The Bertz CT molecular complexity index is 306. The van der Waals surface area contributed by atoms with Gasteiger partial charge in [0.25, 0.3) is 0 Å². The molecular formula is C13H19NO. The predicted molar refractivity (Wildman–Crippen MR) is 61.4 cm³/mol. The molecule has 0 amide bonds. The molecule has 2 heteroatoms. The highest BCUT2D eigenvalue weighted by molar-refractivity contribution is 5.21. The summed E-state index contributed by atoms with van der Waals surface area (Å²) >= 11 is 0. The second-order valence-electron chi connectivity index (χ2n) is 4.23. The van der Waals surface area contributed by atoms with E-state index < -0.39 is 5.72 Å². The Morgan fingerprint density at radius 1 is 1.20 bits per heavy atom. The van der Waals surface area contributed by atoms with Crippen molar-refractivity contribution in [1.82, 2.24) is 4.90 Å². The largest absolute Gasteiger partial charge is 0.371 e. The minimum atomic E-state index is -0.752. The van der Waals surface area contributed by atoms with Crippen molar-refractivity contribution in [1.29, 1.82) is 0 Å². The van der Waals surface area contributed by atoms with Crippen molar-refractivity contribution >= 4 is 0 Å². The minimum Gasteiger partial charge on any atom is -0.371 e. The molecule has 1 aliphatic heterocycles. The molecule has 1 heterocycles. The second kappa shape index (κ2) is 4.33. The number of benzene rings is 1. The van der Waals surface area contributed by atoms with E-state index in [9.17, 15) is 5.11 Å². The molecule has 0 unspecified atom stereocenters. The first-order chi connectivity index (χ1) is 7.27. The number of aliphatic hydroxyl groups is 1. The summed E-state index contributed by atoms with van der Waals surface area (Å²) < 4.78 is 0. The van der Waals surface area contributed by atoms with Crippen molar-refractivity contribution in [2.75, 3.05) is 13.1 Å². The van der Waals surface area contributed by atoms with Crippen LogP contribution in [-0.4, -0.2) is 23.1 Å². The molecule has 0 saturated carbocycles. The van der Waals surface area contributed by atoms with Gasteiger partial charge in [0.05, 0.1) is 0 Å². The van der Waals surface area contributed by atoms with Crippen LogP contribution < -0.4 is 0 Å². The average molecular weight is 205 g/mol. The van der Waals surface area contributed by atoms with E-state index in [1.807, 2.05) is 37.3 Å². The molecule has 0 aliphatic carbocycles. The van der Waals surface area contributed by atoms with E-state index in [-0.39, 0.29) is 0 Å². The molecule has 1 aromatic carbocycles. The van der Waals surface area contributed by atoms with Crippen molar-refractivity contribution in [3.63, 3.8) is 0 Å². The zero-order valence-electron chi connectivity index (χ0n) is 9.32. The van der Waals surface area contributed by atoms with Gasteiger partial charge in [-0.15, -0.1) is 0 Å². The van der Waals surface area contributed by atoms with E-state index in [1.54, 1.807) is 0 Å². The average Bonchev–Trinajstić information content (AvgIpc) is 2.83. The van der Waals surface area contributed by atoms with E-state index in [0.717, 1.165) is 25.1 Å². The Hall–Kier alpha value is -0.860. The Morgan fingerprint density at radius 2 is 1.80 bits per heavy atom. The van der Waals surface area contributed by atoms with Crippen LogP contribution in [0.1, 0.15) is 31.7 Å². The summed E-state index contributed by atoms with van der Waals surface area (Å²) in [5, 5.41) is 10.7. The van der Waals surface area contributed by atoms with Crippen molar-refractivity contribution in [3.8, 4) is 0 Å². The Morgan fingerprint density at radius 3 is 2.33 bits per heavy atom. The normalized spacial score (nSPS) is 21.5. The van der Waals surface area contributed by atoms with Crippen LogP contribution in [0.25, 0.3) is 0 Å². The molecule has 1 saturated heterocycles. The van der Waals surface area contributed by atoms with Crippen molar-refractivity contribution < 1.29 is 5.11 Å². The third-order valence-electron chi connectivity index (χ3n) is 3.36. The molecule has 0 radical (unpaired) electrons. The third-order valence-corrected chi connectivity index (χ3v) is 3.36. The number of hydrogen-bond donors (Lipinski definition) is 1. The highest BCUT2D eigenvalue weighted by Crippen LogP contribution is 2.31. The topological polar surface area (TPSA) is 23.5 Å². The summed E-state index contributed by atoms with van der Waals surface area (Å²) in [7, 11) is 0. The molecule has 82 valence electrons. The SMILES string of the molecule is CC[C@@](O)(c1ccccc1)N1CCCC1. The van der Waals surface area contributed by atoms with Gasteiger partial charge in [-0.3, -0.25) is 4.90 Å². The van der Waals surface area contributed by atoms with Gasteiger partial charge in [0.2, 0.25) is 0 Å². The van der Waals surface area contributed by atoms with Gasteiger partial charge in [-0.2, -0.15) is 0 Å². The van der Waals surface area contributed by atoms with Crippen LogP contribution in [-0.2, 0) is 5.72 Å². The quantitative estimate of drug-likeness (QED) is 0.818. The zero-order chi connectivity index (χ0) is 10.7. The van der Waals surface area contributed by atoms with Crippen molar-refractivity contribution in [2.45, 2.75) is 31.9 Å². The Labute approximate surface area is 91.5 Å². The van der Waals surface area contributed by atoms with Crippen LogP contribution in [0.2, 0.25) is 0 Å². The summed E-state index contributed by atoms with van der Waals surface area (Å²) in [6, 6.07) is 10.0. The highest BCUT2D eigenvalue weighted by Gasteiger charge is 2.35. The van der Waals surface area contributed by atoms with Crippen LogP contribution in [0.4, 0.5) is 0 Å². The smallest absolute Gasteiger partial charge is 0.144 e. The molecular weight excluding hydrogens is 186 g/mol. The maximum atomic E-state index is 10.7. The summed E-state index contributed by atoms with van der Waals surface area (Å²) in [6.07, 6.45) is 3.15. The first-order valence-corrected chi connectivity index (χ1v) is 5.80. The first-order valence-electron chi connectivity index (χ1n) is 5.80. The van der Waals surface area contributed by atoms with Gasteiger partial charge in [0.15, 0.2) is 0 Å². The standard InChI is InChI=1S/C13H19NO/c1-2-13(15,14-10-6-7-11-14)12-8-4-3-5-9-12/h3-5,8-9,15H,2,6-7,10-11H2,1H3/t13-/m1/s1. The summed E-state index contributed by atoms with van der Waals surface area (Å²) in [4.78, 5) is 2.20. The van der Waals surface area contributed by atoms with Gasteiger partial charge in [-0.25, -0.2) is 0 Å². The molecule has 0 bridgehead atoms. The number of nitrogens with zero attached hydrogens (tertiary/aromatic N) is 1. The molecule has 1 aliphatic rings. The van der Waals surface area contributed by atoms with Crippen LogP contribution in [0.15, 0.2) is 30.3 Å². The molecule has 1 N–H and O–H groups in total. The fourth-order valence-electron chi connectivity index (χ4n) is 2.40. The maximum Gasteiger partial charge on any atom is 0.144 e. The highest BCUT2D eigenvalue weighted by atomic mass is 16.3. The lowest BCUT2D eigenvalue weighted by Crippen LogP contribution is -2.43. The molecule has 2 rings (SSSR count). The molecule has 1 fully saturated rings. The van der Waals surface area contributed by atoms with Crippen LogP contribution in [0.5, 0.6) is 0 Å². The van der Waals surface area contributed by atoms with Gasteiger partial charge >= 0.3 is 0 Å². The maximum absolute atomic E-state index is 10.7. The number of likely N-dealkylation sites (tertiary alicyclic amines) is 1. The molecule has 15 heavy (non-hydrogen) atoms. The predicted octanol–water partition coefficient (Wildman–Crippen LogP) is 2.34. The van der Waals surface area contributed by atoms with E-state index in [0.29, 0.717) is 0 Å². The second-order valence-corrected chi connectivity index (χ2v) is 4.23. The van der Waals surface area contributed by atoms with Gasteiger partial charge in [0.1, 0.15) is 5.72 Å². The lowest BCUT2D eigenvalue weighted by Gasteiger charge is -2.36. The minimum absolute atomic E-state index is 0.747. The summed E-state index contributed by atoms with van der Waals surface area (Å²) in [6.45, 7) is 4.07. The monoisotopic (exact) mass is 205 g/mol. The summed E-state index contributed by atoms with van der Waals surface area (Å²) in [5.41, 5.74) is 0.270. The van der Waals surface area contributed by atoms with Gasteiger partial charge < -0.3 is 5.11 Å². The van der Waals surface area contributed by atoms with E-state index in [2.05, 4.69) is 4.90 Å². The summed E-state index contributed by atoms with van der Waals surface area (Å²) in [5.74, 6) is 0. The molecule has 1 aromatic rings. The zero-order valence-corrected chi connectivity index (χ0v) is 9.32. The van der Waals surface area contributed by atoms with Crippen LogP contribution in [0.3, 0.4) is 0 Å². The lowest BCUT2D eigenvalue weighted by molar-refractivity contribution is -0.107. The molecule has 0 spiro atoms. The fourth-order valence-corrected chi connectivity index (χ4v) is 2.40. The van der Waals surface area contributed by atoms with E-state index in [1.165, 1.54) is 12.8 Å². The van der Waals surface area contributed by atoms with Gasteiger partial charge in [0, 0.05) is 13.1 Å². The number of rotatable bonds is 3. The van der Waals surface area contributed by atoms with Gasteiger partial charge in [-0.05, 0) is 24.8 Å². The Balaban J connectivity index is 2.28. The third kappa shape index (κ3) is 1.92. The van der Waals surface area contributed by atoms with E-state index >= 15 is 0 Å². The van der Waals surface area contributed by atoms with Crippen LogP contribution in [0, 0.1) is 0 Å². The van der Waals surface area contributed by atoms with Crippen molar-refractivity contribution in [2.24, 2.45) is 0 Å². The number of hydrogen-bond acceptors (Lipinski definition) is 2. The lowest BCUT2D eigenvalue weighted by atomic mass is 9.98. The molecule has 1 atom stereocenters. The Kier molecular flexibility index (Phi) is 3.08. The molecule has 0 aromatic heterocycles. The first kappa shape index (κ1) is 10.7. The van der Waals surface area contributed by atoms with E-state index in [4.69, 9.17) is 0 Å². The van der Waals surface area contributed by atoms with Crippen LogP contribution >= 0.6 is 0 Å².